The van der Waals surface area contributed by atoms with Gasteiger partial charge in [0.1, 0.15) is 0 Å². The standard InChI is InChI=1S/C18H18N2O5/c1-3-25-16-9-7-13(11-17(16)24-2)8-10-18(21)19-14-5-4-6-15(12-14)20(22)23/h4-12H,3H2,1-2H3,(H,19,21)/b10-8+. The fourth-order valence-corrected chi connectivity index (χ4v) is 2.12. The molecule has 0 heterocycles. The second-order valence-electron chi connectivity index (χ2n) is 4.97. The summed E-state index contributed by atoms with van der Waals surface area (Å²) in [6.45, 7) is 2.41. The van der Waals surface area contributed by atoms with Crippen molar-refractivity contribution in [3.8, 4) is 11.5 Å². The molecule has 0 saturated carbocycles. The Morgan fingerprint density at radius 1 is 1.24 bits per heavy atom. The number of carbonyl (C=O) groups excluding carboxylic acids is 1. The minimum atomic E-state index is -0.516. The number of hydrogen-bond acceptors (Lipinski definition) is 5. The van der Waals surface area contributed by atoms with Gasteiger partial charge in [-0.3, -0.25) is 14.9 Å². The summed E-state index contributed by atoms with van der Waals surface area (Å²) in [6, 6.07) is 11.1. The van der Waals surface area contributed by atoms with Crippen molar-refractivity contribution in [3.63, 3.8) is 0 Å². The van der Waals surface area contributed by atoms with Gasteiger partial charge in [-0.15, -0.1) is 0 Å². The number of nitrogens with one attached hydrogen (secondary N) is 1. The van der Waals surface area contributed by atoms with E-state index < -0.39 is 10.8 Å². The summed E-state index contributed by atoms with van der Waals surface area (Å²) in [5.41, 5.74) is 1.03. The number of benzene rings is 2. The van der Waals surface area contributed by atoms with Gasteiger partial charge in [0, 0.05) is 23.9 Å². The minimum Gasteiger partial charge on any atom is -0.493 e. The lowest BCUT2D eigenvalue weighted by Gasteiger charge is -2.09. The van der Waals surface area contributed by atoms with Crippen LogP contribution in [0.3, 0.4) is 0 Å². The van der Waals surface area contributed by atoms with E-state index in [0.29, 0.717) is 23.8 Å². The summed E-state index contributed by atoms with van der Waals surface area (Å²) in [6.07, 6.45) is 2.96. The van der Waals surface area contributed by atoms with Gasteiger partial charge in [0.15, 0.2) is 11.5 Å². The Morgan fingerprint density at radius 3 is 2.72 bits per heavy atom. The zero-order valence-corrected chi connectivity index (χ0v) is 13.9. The van der Waals surface area contributed by atoms with E-state index >= 15 is 0 Å². The van der Waals surface area contributed by atoms with Gasteiger partial charge in [-0.25, -0.2) is 0 Å². The van der Waals surface area contributed by atoms with Gasteiger partial charge in [0.05, 0.1) is 18.6 Å². The van der Waals surface area contributed by atoms with E-state index in [2.05, 4.69) is 5.32 Å². The van der Waals surface area contributed by atoms with Crippen LogP contribution < -0.4 is 14.8 Å². The molecule has 2 rings (SSSR count). The molecule has 1 N–H and O–H groups in total. The molecule has 0 atom stereocenters. The number of anilines is 1. The number of hydrogen-bond donors (Lipinski definition) is 1. The number of methoxy groups -OCH3 is 1. The Balaban J connectivity index is 2.07. The van der Waals surface area contributed by atoms with Crippen LogP contribution in [0.2, 0.25) is 0 Å². The molecule has 2 aromatic carbocycles. The van der Waals surface area contributed by atoms with Gasteiger partial charge in [-0.05, 0) is 36.8 Å². The molecule has 0 aliphatic heterocycles. The molecule has 0 fully saturated rings. The highest BCUT2D eigenvalue weighted by Crippen LogP contribution is 2.28. The topological polar surface area (TPSA) is 90.7 Å². The maximum absolute atomic E-state index is 12.0. The van der Waals surface area contributed by atoms with Crippen molar-refractivity contribution in [3.05, 3.63) is 64.2 Å². The molecule has 0 aromatic heterocycles. The number of carbonyl (C=O) groups is 1. The van der Waals surface area contributed by atoms with Crippen LogP contribution in [0, 0.1) is 10.1 Å². The predicted molar refractivity (Wildman–Crippen MR) is 94.9 cm³/mol. The molecule has 1 amide bonds. The third kappa shape index (κ3) is 5.07. The predicted octanol–water partition coefficient (Wildman–Crippen LogP) is 3.65. The van der Waals surface area contributed by atoms with Crippen molar-refractivity contribution in [2.45, 2.75) is 6.92 Å². The van der Waals surface area contributed by atoms with Gasteiger partial charge < -0.3 is 14.8 Å². The monoisotopic (exact) mass is 342 g/mol. The number of ether oxygens (including phenoxy) is 2. The van der Waals surface area contributed by atoms with Gasteiger partial charge in [-0.2, -0.15) is 0 Å². The first-order chi connectivity index (χ1) is 12.0. The molecule has 0 saturated heterocycles. The summed E-state index contributed by atoms with van der Waals surface area (Å²) < 4.78 is 10.7. The Kier molecular flexibility index (Phi) is 6.11. The quantitative estimate of drug-likeness (QED) is 0.471. The van der Waals surface area contributed by atoms with Crippen LogP contribution in [0.15, 0.2) is 48.5 Å². The summed E-state index contributed by atoms with van der Waals surface area (Å²) in [5.74, 6) is 0.805. The van der Waals surface area contributed by atoms with Gasteiger partial charge in [0.2, 0.25) is 5.91 Å². The van der Waals surface area contributed by atoms with Crippen LogP contribution >= 0.6 is 0 Å². The van der Waals surface area contributed by atoms with E-state index in [1.165, 1.54) is 24.3 Å². The van der Waals surface area contributed by atoms with E-state index in [-0.39, 0.29) is 5.69 Å². The van der Waals surface area contributed by atoms with E-state index in [4.69, 9.17) is 9.47 Å². The smallest absolute Gasteiger partial charge is 0.271 e. The molecular weight excluding hydrogens is 324 g/mol. The van der Waals surface area contributed by atoms with Gasteiger partial charge in [-0.1, -0.05) is 12.1 Å². The highest BCUT2D eigenvalue weighted by atomic mass is 16.6. The number of nitro groups is 1. The normalized spacial score (nSPS) is 10.5. The average Bonchev–Trinajstić information content (AvgIpc) is 2.61. The van der Waals surface area contributed by atoms with E-state index in [1.54, 1.807) is 37.5 Å². The Bertz CT molecular complexity index is 802. The van der Waals surface area contributed by atoms with Crippen LogP contribution in [0.4, 0.5) is 11.4 Å². The second-order valence-corrected chi connectivity index (χ2v) is 4.97. The Hall–Kier alpha value is -3.35. The second kappa shape index (κ2) is 8.49. The Morgan fingerprint density at radius 2 is 2.04 bits per heavy atom. The van der Waals surface area contributed by atoms with Crippen LogP contribution in [0.1, 0.15) is 12.5 Å². The molecular formula is C18H18N2O5. The van der Waals surface area contributed by atoms with E-state index in [1.807, 2.05) is 6.92 Å². The third-order valence-electron chi connectivity index (χ3n) is 3.24. The maximum Gasteiger partial charge on any atom is 0.271 e. The summed E-state index contributed by atoms with van der Waals surface area (Å²) >= 11 is 0. The van der Waals surface area contributed by atoms with Crippen molar-refractivity contribution in [1.82, 2.24) is 0 Å². The highest BCUT2D eigenvalue weighted by molar-refractivity contribution is 6.02. The van der Waals surface area contributed by atoms with Crippen LogP contribution in [-0.4, -0.2) is 24.5 Å². The van der Waals surface area contributed by atoms with Crippen molar-refractivity contribution in [2.75, 3.05) is 19.0 Å². The van der Waals surface area contributed by atoms with Crippen molar-refractivity contribution in [2.24, 2.45) is 0 Å². The first-order valence-electron chi connectivity index (χ1n) is 7.58. The molecule has 7 heteroatoms. The first-order valence-corrected chi connectivity index (χ1v) is 7.58. The van der Waals surface area contributed by atoms with E-state index in [9.17, 15) is 14.9 Å². The molecule has 0 unspecified atom stereocenters. The van der Waals surface area contributed by atoms with Crippen molar-refractivity contribution >= 4 is 23.4 Å². The molecule has 0 bridgehead atoms. The zero-order chi connectivity index (χ0) is 18.2. The molecule has 7 nitrogen and oxygen atoms in total. The first kappa shape index (κ1) is 18.0. The molecule has 0 radical (unpaired) electrons. The van der Waals surface area contributed by atoms with Crippen molar-refractivity contribution in [1.29, 1.82) is 0 Å². The SMILES string of the molecule is CCOc1ccc(/C=C/C(=O)Nc2cccc([N+](=O)[O-])c2)cc1OC. The van der Waals surface area contributed by atoms with Crippen LogP contribution in [0.5, 0.6) is 11.5 Å². The number of nitro benzene ring substituents is 1. The molecule has 2 aromatic rings. The number of amides is 1. The van der Waals surface area contributed by atoms with Crippen LogP contribution in [-0.2, 0) is 4.79 Å². The lowest BCUT2D eigenvalue weighted by atomic mass is 10.2. The molecule has 25 heavy (non-hydrogen) atoms. The fraction of sp³-hybridized carbons (Fsp3) is 0.167. The maximum atomic E-state index is 12.0. The van der Waals surface area contributed by atoms with Gasteiger partial charge >= 0.3 is 0 Å². The average molecular weight is 342 g/mol. The van der Waals surface area contributed by atoms with E-state index in [0.717, 1.165) is 5.56 Å². The number of rotatable bonds is 7. The van der Waals surface area contributed by atoms with Crippen molar-refractivity contribution < 1.29 is 19.2 Å². The number of nitrogens with zero attached hydrogens (tertiary/aromatic N) is 1. The fourth-order valence-electron chi connectivity index (χ4n) is 2.12. The van der Waals surface area contributed by atoms with Crippen LogP contribution in [0.25, 0.3) is 6.08 Å². The molecule has 0 spiro atoms. The van der Waals surface area contributed by atoms with Gasteiger partial charge in [0.25, 0.3) is 5.69 Å². The third-order valence-corrected chi connectivity index (χ3v) is 3.24. The Labute approximate surface area is 145 Å². The highest BCUT2D eigenvalue weighted by Gasteiger charge is 2.07. The summed E-state index contributed by atoms with van der Waals surface area (Å²) in [5, 5.41) is 13.3. The number of non-ortho nitro benzene ring substituents is 1. The summed E-state index contributed by atoms with van der Waals surface area (Å²) in [4.78, 5) is 22.2. The largest absolute Gasteiger partial charge is 0.493 e. The molecule has 0 aliphatic carbocycles. The lowest BCUT2D eigenvalue weighted by molar-refractivity contribution is -0.384. The summed E-state index contributed by atoms with van der Waals surface area (Å²) in [7, 11) is 1.54. The lowest BCUT2D eigenvalue weighted by Crippen LogP contribution is -2.07. The minimum absolute atomic E-state index is 0.0852. The zero-order valence-electron chi connectivity index (χ0n) is 13.9. The molecule has 130 valence electrons. The molecule has 0 aliphatic rings.